The van der Waals surface area contributed by atoms with Crippen LogP contribution in [0, 0.1) is 5.92 Å². The minimum Gasteiger partial charge on any atom is -0.466 e. The van der Waals surface area contributed by atoms with Gasteiger partial charge in [-0.15, -0.1) is 0 Å². The minimum atomic E-state index is -1.19. The Balaban J connectivity index is 2.77. The van der Waals surface area contributed by atoms with E-state index in [1.807, 2.05) is 0 Å². The molecule has 8 heteroatoms. The molecule has 0 aromatic heterocycles. The largest absolute Gasteiger partial charge is 0.466 e. The van der Waals surface area contributed by atoms with E-state index in [1.54, 1.807) is 20.8 Å². The molecule has 22 heavy (non-hydrogen) atoms. The quantitative estimate of drug-likeness (QED) is 0.599. The number of esters is 1. The topological polar surface area (TPSA) is 105 Å². The van der Waals surface area contributed by atoms with Crippen LogP contribution in [0.1, 0.15) is 20.8 Å². The standard InChI is InChI=1S/C14H22N2O6/c1-14(2,3)22-13(20)16-7-9(5-6-11(17)21-4)10(8-16)15-12(18)19/h5-6,9-10,15H,7-8H2,1-4H3,(H,18,19)/t9-,10-/m1/s1. The zero-order valence-corrected chi connectivity index (χ0v) is 13.2. The second kappa shape index (κ2) is 7.15. The number of hydrogen-bond acceptors (Lipinski definition) is 5. The second-order valence-electron chi connectivity index (χ2n) is 5.99. The number of ether oxygens (including phenoxy) is 2. The first kappa shape index (κ1) is 17.8. The van der Waals surface area contributed by atoms with Gasteiger partial charge in [0.1, 0.15) is 5.60 Å². The van der Waals surface area contributed by atoms with Gasteiger partial charge >= 0.3 is 18.2 Å². The first-order chi connectivity index (χ1) is 10.1. The highest BCUT2D eigenvalue weighted by molar-refractivity contribution is 5.81. The molecule has 2 amide bonds. The number of carbonyl (C=O) groups is 3. The molecule has 0 bridgehead atoms. The van der Waals surface area contributed by atoms with Gasteiger partial charge in [0.15, 0.2) is 0 Å². The van der Waals surface area contributed by atoms with Crippen LogP contribution in [0.25, 0.3) is 0 Å². The van der Waals surface area contributed by atoms with Crippen LogP contribution in [-0.2, 0) is 14.3 Å². The van der Waals surface area contributed by atoms with E-state index in [0.29, 0.717) is 0 Å². The van der Waals surface area contributed by atoms with Crippen molar-refractivity contribution in [3.05, 3.63) is 12.2 Å². The van der Waals surface area contributed by atoms with Crippen molar-refractivity contribution in [3.63, 3.8) is 0 Å². The summed E-state index contributed by atoms with van der Waals surface area (Å²) in [7, 11) is 1.25. The van der Waals surface area contributed by atoms with E-state index in [9.17, 15) is 14.4 Å². The number of rotatable bonds is 3. The lowest BCUT2D eigenvalue weighted by Crippen LogP contribution is -2.40. The lowest BCUT2D eigenvalue weighted by molar-refractivity contribution is -0.134. The number of amides is 2. The van der Waals surface area contributed by atoms with Crippen molar-refractivity contribution in [1.29, 1.82) is 0 Å². The molecule has 2 atom stereocenters. The van der Waals surface area contributed by atoms with E-state index < -0.39 is 29.8 Å². The van der Waals surface area contributed by atoms with Gasteiger partial charge in [0, 0.05) is 25.1 Å². The Morgan fingerprint density at radius 1 is 1.27 bits per heavy atom. The molecule has 1 aliphatic rings. The van der Waals surface area contributed by atoms with Crippen molar-refractivity contribution in [1.82, 2.24) is 10.2 Å². The van der Waals surface area contributed by atoms with Gasteiger partial charge < -0.3 is 24.8 Å². The number of methoxy groups -OCH3 is 1. The molecule has 124 valence electrons. The molecular weight excluding hydrogens is 292 g/mol. The fourth-order valence-electron chi connectivity index (χ4n) is 2.08. The van der Waals surface area contributed by atoms with Crippen LogP contribution in [0.5, 0.6) is 0 Å². The van der Waals surface area contributed by atoms with Crippen molar-refractivity contribution in [2.24, 2.45) is 5.92 Å². The molecule has 0 aliphatic carbocycles. The molecule has 2 N–H and O–H groups in total. The molecule has 8 nitrogen and oxygen atoms in total. The van der Waals surface area contributed by atoms with E-state index in [4.69, 9.17) is 9.84 Å². The summed E-state index contributed by atoms with van der Waals surface area (Å²) >= 11 is 0. The zero-order valence-electron chi connectivity index (χ0n) is 13.2. The molecule has 0 aromatic carbocycles. The van der Waals surface area contributed by atoms with Gasteiger partial charge in [-0.3, -0.25) is 0 Å². The van der Waals surface area contributed by atoms with E-state index in [-0.39, 0.29) is 19.0 Å². The highest BCUT2D eigenvalue weighted by Crippen LogP contribution is 2.21. The fourth-order valence-corrected chi connectivity index (χ4v) is 2.08. The molecule has 0 spiro atoms. The third-order valence-corrected chi connectivity index (χ3v) is 3.01. The second-order valence-corrected chi connectivity index (χ2v) is 5.99. The van der Waals surface area contributed by atoms with Crippen LogP contribution >= 0.6 is 0 Å². The van der Waals surface area contributed by atoms with Crippen LogP contribution in [0.15, 0.2) is 12.2 Å². The molecule has 0 aromatic rings. The summed E-state index contributed by atoms with van der Waals surface area (Å²) in [6, 6.07) is -0.508. The summed E-state index contributed by atoms with van der Waals surface area (Å²) in [5, 5.41) is 11.2. The molecule has 1 aliphatic heterocycles. The summed E-state index contributed by atoms with van der Waals surface area (Å²) in [4.78, 5) is 35.4. The van der Waals surface area contributed by atoms with Gasteiger partial charge in [0.05, 0.1) is 13.2 Å². The Kier molecular flexibility index (Phi) is 5.78. The molecule has 0 radical (unpaired) electrons. The smallest absolute Gasteiger partial charge is 0.410 e. The Morgan fingerprint density at radius 3 is 2.41 bits per heavy atom. The Labute approximate surface area is 129 Å². The Bertz CT molecular complexity index is 468. The van der Waals surface area contributed by atoms with Gasteiger partial charge in [-0.2, -0.15) is 0 Å². The number of hydrogen-bond donors (Lipinski definition) is 2. The average Bonchev–Trinajstić information content (AvgIpc) is 2.76. The lowest BCUT2D eigenvalue weighted by Gasteiger charge is -2.24. The predicted molar refractivity (Wildman–Crippen MR) is 77.4 cm³/mol. The average molecular weight is 314 g/mol. The third kappa shape index (κ3) is 5.63. The summed E-state index contributed by atoms with van der Waals surface area (Å²) in [6.45, 7) is 5.69. The SMILES string of the molecule is COC(=O)C=C[C@@H]1CN(C(=O)OC(C)(C)C)C[C@H]1NC(=O)O. The number of nitrogens with one attached hydrogen (secondary N) is 1. The molecule has 1 rings (SSSR count). The summed E-state index contributed by atoms with van der Waals surface area (Å²) in [5.74, 6) is -0.868. The van der Waals surface area contributed by atoms with Crippen LogP contribution < -0.4 is 5.32 Å². The first-order valence-corrected chi connectivity index (χ1v) is 6.86. The summed E-state index contributed by atoms with van der Waals surface area (Å²) in [6.07, 6.45) is 1.06. The number of likely N-dealkylation sites (tertiary alicyclic amines) is 1. The Morgan fingerprint density at radius 2 is 1.91 bits per heavy atom. The third-order valence-electron chi connectivity index (χ3n) is 3.01. The van der Waals surface area contributed by atoms with Gasteiger partial charge in [-0.1, -0.05) is 6.08 Å². The number of carbonyl (C=O) groups excluding carboxylic acids is 2. The van der Waals surface area contributed by atoms with Gasteiger partial charge in [-0.25, -0.2) is 14.4 Å². The van der Waals surface area contributed by atoms with Crippen molar-refractivity contribution in [2.45, 2.75) is 32.4 Å². The maximum Gasteiger partial charge on any atom is 0.410 e. The van der Waals surface area contributed by atoms with Crippen molar-refractivity contribution in [2.75, 3.05) is 20.2 Å². The van der Waals surface area contributed by atoms with Crippen LogP contribution in [0.2, 0.25) is 0 Å². The zero-order chi connectivity index (χ0) is 16.9. The monoisotopic (exact) mass is 314 g/mol. The normalized spacial score (nSPS) is 21.7. The van der Waals surface area contributed by atoms with Gasteiger partial charge in [0.25, 0.3) is 0 Å². The number of nitrogens with zero attached hydrogens (tertiary/aromatic N) is 1. The van der Waals surface area contributed by atoms with Gasteiger partial charge in [-0.05, 0) is 20.8 Å². The van der Waals surface area contributed by atoms with E-state index in [2.05, 4.69) is 10.1 Å². The van der Waals surface area contributed by atoms with Crippen molar-refractivity contribution < 1.29 is 29.0 Å². The molecule has 1 fully saturated rings. The summed E-state index contributed by atoms with van der Waals surface area (Å²) < 4.78 is 9.76. The minimum absolute atomic E-state index is 0.178. The number of carboxylic acid groups (broad SMARTS) is 1. The van der Waals surface area contributed by atoms with Crippen molar-refractivity contribution >= 4 is 18.2 Å². The predicted octanol–water partition coefficient (Wildman–Crippen LogP) is 1.22. The summed E-state index contributed by atoms with van der Waals surface area (Å²) in [5.41, 5.74) is -0.632. The molecule has 0 unspecified atom stereocenters. The molecule has 1 saturated heterocycles. The van der Waals surface area contributed by atoms with Crippen LogP contribution in [-0.4, -0.2) is 60.0 Å². The van der Waals surface area contributed by atoms with Gasteiger partial charge in [0.2, 0.25) is 0 Å². The van der Waals surface area contributed by atoms with E-state index in [1.165, 1.54) is 24.2 Å². The van der Waals surface area contributed by atoms with Crippen LogP contribution in [0.4, 0.5) is 9.59 Å². The Hall–Kier alpha value is -2.25. The first-order valence-electron chi connectivity index (χ1n) is 6.86. The highest BCUT2D eigenvalue weighted by atomic mass is 16.6. The fraction of sp³-hybridized carbons (Fsp3) is 0.643. The molecule has 0 saturated carbocycles. The molecular formula is C14H22N2O6. The molecule has 1 heterocycles. The van der Waals surface area contributed by atoms with Crippen LogP contribution in [0.3, 0.4) is 0 Å². The van der Waals surface area contributed by atoms with Crippen molar-refractivity contribution in [3.8, 4) is 0 Å². The lowest BCUT2D eigenvalue weighted by atomic mass is 10.0. The van der Waals surface area contributed by atoms with E-state index in [0.717, 1.165) is 0 Å². The van der Waals surface area contributed by atoms with E-state index >= 15 is 0 Å². The maximum absolute atomic E-state index is 12.0. The highest BCUT2D eigenvalue weighted by Gasteiger charge is 2.36. The maximum atomic E-state index is 12.0.